The van der Waals surface area contributed by atoms with Crippen molar-refractivity contribution in [2.24, 2.45) is 0 Å². The second-order valence-corrected chi connectivity index (χ2v) is 6.08. The van der Waals surface area contributed by atoms with Gasteiger partial charge >= 0.3 is 0 Å². The summed E-state index contributed by atoms with van der Waals surface area (Å²) in [6, 6.07) is 8.27. The first-order chi connectivity index (χ1) is 9.92. The molecule has 0 aliphatic rings. The van der Waals surface area contributed by atoms with Crippen molar-refractivity contribution in [1.82, 2.24) is 5.32 Å². The van der Waals surface area contributed by atoms with Crippen molar-refractivity contribution in [2.45, 2.75) is 26.8 Å². The Hall–Kier alpha value is -1.26. The molecule has 0 amide bonds. The molecule has 0 radical (unpaired) electrons. The Bertz CT molecular complexity index is 612. The lowest BCUT2D eigenvalue weighted by Gasteiger charge is -2.21. The van der Waals surface area contributed by atoms with Crippen LogP contribution in [0, 0.1) is 25.5 Å². The molecule has 0 saturated heterocycles. The zero-order chi connectivity index (χ0) is 15.6. The summed E-state index contributed by atoms with van der Waals surface area (Å²) in [6.07, 6.45) is 0. The lowest BCUT2D eigenvalue weighted by Crippen LogP contribution is -2.22. The van der Waals surface area contributed by atoms with E-state index >= 15 is 0 Å². The number of aryl methyl sites for hydroxylation is 2. The summed E-state index contributed by atoms with van der Waals surface area (Å²) in [5, 5.41) is 3.33. The molecule has 2 aromatic carbocycles. The van der Waals surface area contributed by atoms with Crippen LogP contribution in [-0.2, 0) is 0 Å². The molecule has 0 heterocycles. The molecule has 0 aliphatic carbocycles. The average Bonchev–Trinajstić information content (AvgIpc) is 2.40. The van der Waals surface area contributed by atoms with E-state index in [1.165, 1.54) is 12.1 Å². The molecule has 1 unspecified atom stereocenters. The van der Waals surface area contributed by atoms with Crippen LogP contribution in [0.4, 0.5) is 8.78 Å². The van der Waals surface area contributed by atoms with Crippen LogP contribution in [0.5, 0.6) is 0 Å². The van der Waals surface area contributed by atoms with Gasteiger partial charge in [-0.2, -0.15) is 0 Å². The number of rotatable bonds is 4. The SMILES string of the molecule is CCNC(c1cc(F)cc(Br)c1)c1cc(C)c(F)c(C)c1. The van der Waals surface area contributed by atoms with Crippen LogP contribution >= 0.6 is 15.9 Å². The van der Waals surface area contributed by atoms with Gasteiger partial charge in [0, 0.05) is 4.47 Å². The van der Waals surface area contributed by atoms with Gasteiger partial charge in [-0.1, -0.05) is 35.0 Å². The number of benzene rings is 2. The van der Waals surface area contributed by atoms with E-state index in [9.17, 15) is 8.78 Å². The van der Waals surface area contributed by atoms with Crippen molar-refractivity contribution in [3.05, 3.63) is 68.7 Å². The van der Waals surface area contributed by atoms with Gasteiger partial charge in [0.25, 0.3) is 0 Å². The Morgan fingerprint density at radius 3 is 2.10 bits per heavy atom. The van der Waals surface area contributed by atoms with Crippen LogP contribution in [-0.4, -0.2) is 6.54 Å². The fourth-order valence-corrected chi connectivity index (χ4v) is 3.00. The summed E-state index contributed by atoms with van der Waals surface area (Å²) >= 11 is 3.32. The quantitative estimate of drug-likeness (QED) is 0.811. The number of halogens is 3. The monoisotopic (exact) mass is 353 g/mol. The van der Waals surface area contributed by atoms with Crippen molar-refractivity contribution in [2.75, 3.05) is 6.54 Å². The minimum atomic E-state index is -0.294. The maximum atomic E-state index is 13.8. The molecule has 1 nitrogen and oxygen atoms in total. The maximum absolute atomic E-state index is 13.8. The second-order valence-electron chi connectivity index (χ2n) is 5.16. The molecule has 21 heavy (non-hydrogen) atoms. The van der Waals surface area contributed by atoms with Crippen LogP contribution in [0.1, 0.15) is 35.2 Å². The number of hydrogen-bond donors (Lipinski definition) is 1. The van der Waals surface area contributed by atoms with E-state index in [2.05, 4.69) is 21.2 Å². The first-order valence-corrected chi connectivity index (χ1v) is 7.67. The predicted molar refractivity (Wildman–Crippen MR) is 85.5 cm³/mol. The van der Waals surface area contributed by atoms with Crippen LogP contribution in [0.15, 0.2) is 34.8 Å². The van der Waals surface area contributed by atoms with Crippen molar-refractivity contribution in [3.8, 4) is 0 Å². The molecule has 0 fully saturated rings. The summed E-state index contributed by atoms with van der Waals surface area (Å²) in [7, 11) is 0. The third-order valence-corrected chi connectivity index (χ3v) is 3.88. The van der Waals surface area contributed by atoms with Gasteiger partial charge in [-0.25, -0.2) is 8.78 Å². The second kappa shape index (κ2) is 6.67. The van der Waals surface area contributed by atoms with E-state index in [4.69, 9.17) is 0 Å². The van der Waals surface area contributed by atoms with Crippen LogP contribution in [0.2, 0.25) is 0 Å². The highest BCUT2D eigenvalue weighted by atomic mass is 79.9. The third kappa shape index (κ3) is 3.69. The van der Waals surface area contributed by atoms with E-state index in [-0.39, 0.29) is 17.7 Å². The zero-order valence-corrected chi connectivity index (χ0v) is 13.9. The topological polar surface area (TPSA) is 12.0 Å². The molecule has 4 heteroatoms. The molecule has 0 bridgehead atoms. The molecule has 112 valence electrons. The standard InChI is InChI=1S/C17H18BrF2N/c1-4-21-17(13-7-14(18)9-15(19)8-13)12-5-10(2)16(20)11(3)6-12/h5-9,17,21H,4H2,1-3H3. The van der Waals surface area contributed by atoms with Gasteiger partial charge in [-0.3, -0.25) is 0 Å². The third-order valence-electron chi connectivity index (χ3n) is 3.42. The summed E-state index contributed by atoms with van der Waals surface area (Å²) < 4.78 is 28.1. The lowest BCUT2D eigenvalue weighted by atomic mass is 9.95. The first kappa shape index (κ1) is 16.1. The van der Waals surface area contributed by atoms with Gasteiger partial charge in [0.1, 0.15) is 11.6 Å². The van der Waals surface area contributed by atoms with Gasteiger partial charge in [-0.05, 0) is 60.8 Å². The summed E-state index contributed by atoms with van der Waals surface area (Å²) in [6.45, 7) is 6.21. The fraction of sp³-hybridized carbons (Fsp3) is 0.294. The fourth-order valence-electron chi connectivity index (χ4n) is 2.52. The smallest absolute Gasteiger partial charge is 0.129 e. The normalized spacial score (nSPS) is 12.5. The molecule has 2 rings (SSSR count). The Morgan fingerprint density at radius 1 is 1.00 bits per heavy atom. The maximum Gasteiger partial charge on any atom is 0.129 e. The molecule has 0 spiro atoms. The lowest BCUT2D eigenvalue weighted by molar-refractivity contribution is 0.591. The first-order valence-electron chi connectivity index (χ1n) is 6.88. The van der Waals surface area contributed by atoms with Gasteiger partial charge in [0.2, 0.25) is 0 Å². The Morgan fingerprint density at radius 2 is 1.57 bits per heavy atom. The van der Waals surface area contributed by atoms with Crippen LogP contribution < -0.4 is 5.32 Å². The average molecular weight is 354 g/mol. The summed E-state index contributed by atoms with van der Waals surface area (Å²) in [5.41, 5.74) is 2.95. The Labute approximate surface area is 132 Å². The molecule has 0 saturated carbocycles. The van der Waals surface area contributed by atoms with E-state index < -0.39 is 0 Å². The molecule has 2 aromatic rings. The molecule has 1 atom stereocenters. The molecule has 1 N–H and O–H groups in total. The summed E-state index contributed by atoms with van der Waals surface area (Å²) in [4.78, 5) is 0. The van der Waals surface area contributed by atoms with Crippen molar-refractivity contribution < 1.29 is 8.78 Å². The predicted octanol–water partition coefficient (Wildman–Crippen LogP) is 5.04. The zero-order valence-electron chi connectivity index (χ0n) is 12.3. The highest BCUT2D eigenvalue weighted by Crippen LogP contribution is 2.28. The van der Waals surface area contributed by atoms with E-state index in [1.807, 2.05) is 25.1 Å². The molecule has 0 aromatic heterocycles. The van der Waals surface area contributed by atoms with E-state index in [1.54, 1.807) is 13.8 Å². The Kier molecular flexibility index (Phi) is 5.12. The van der Waals surface area contributed by atoms with E-state index in [0.29, 0.717) is 15.6 Å². The highest BCUT2D eigenvalue weighted by Gasteiger charge is 2.17. The van der Waals surface area contributed by atoms with Gasteiger partial charge in [0.05, 0.1) is 6.04 Å². The summed E-state index contributed by atoms with van der Waals surface area (Å²) in [5.74, 6) is -0.479. The van der Waals surface area contributed by atoms with Gasteiger partial charge in [-0.15, -0.1) is 0 Å². The Balaban J connectivity index is 2.53. The minimum absolute atomic E-state index is 0.167. The minimum Gasteiger partial charge on any atom is -0.307 e. The van der Waals surface area contributed by atoms with Gasteiger partial charge < -0.3 is 5.32 Å². The van der Waals surface area contributed by atoms with E-state index in [0.717, 1.165) is 17.7 Å². The number of hydrogen-bond acceptors (Lipinski definition) is 1. The number of nitrogens with one attached hydrogen (secondary N) is 1. The largest absolute Gasteiger partial charge is 0.307 e. The molecule has 0 aliphatic heterocycles. The van der Waals surface area contributed by atoms with Crippen LogP contribution in [0.25, 0.3) is 0 Å². The van der Waals surface area contributed by atoms with Crippen LogP contribution in [0.3, 0.4) is 0 Å². The molecular weight excluding hydrogens is 336 g/mol. The van der Waals surface area contributed by atoms with Gasteiger partial charge in [0.15, 0.2) is 0 Å². The molecular formula is C17H18BrF2N. The van der Waals surface area contributed by atoms with Crippen molar-refractivity contribution in [1.29, 1.82) is 0 Å². The van der Waals surface area contributed by atoms with Crippen molar-refractivity contribution in [3.63, 3.8) is 0 Å². The van der Waals surface area contributed by atoms with Crippen molar-refractivity contribution >= 4 is 15.9 Å². The highest BCUT2D eigenvalue weighted by molar-refractivity contribution is 9.10.